The zero-order chi connectivity index (χ0) is 22.5. The number of nitrogens with zero attached hydrogens (tertiary/aromatic N) is 1. The fraction of sp³-hybridized carbons (Fsp3) is 0.391. The minimum Gasteiger partial charge on any atom is -0.490 e. The highest BCUT2D eigenvalue weighted by molar-refractivity contribution is 5.94. The Balaban J connectivity index is 1.30. The average Bonchev–Trinajstić information content (AvgIpc) is 3.10. The van der Waals surface area contributed by atoms with Gasteiger partial charge in [0.2, 0.25) is 11.8 Å². The Morgan fingerprint density at radius 1 is 0.969 bits per heavy atom. The molecule has 2 aromatic carbocycles. The molecule has 1 fully saturated rings. The molecule has 7 nitrogen and oxygen atoms in total. The molecular weight excluding hydrogens is 420 g/mol. The summed E-state index contributed by atoms with van der Waals surface area (Å²) in [6, 6.07) is 9.04. The highest BCUT2D eigenvalue weighted by atomic mass is 19.2. The number of amides is 2. The second-order valence-corrected chi connectivity index (χ2v) is 7.84. The van der Waals surface area contributed by atoms with Crippen LogP contribution in [0.5, 0.6) is 11.5 Å². The second kappa shape index (κ2) is 9.95. The van der Waals surface area contributed by atoms with Crippen molar-refractivity contribution >= 4 is 17.5 Å². The van der Waals surface area contributed by atoms with Gasteiger partial charge in [-0.1, -0.05) is 6.07 Å². The molecule has 1 saturated heterocycles. The van der Waals surface area contributed by atoms with Crippen LogP contribution in [0.2, 0.25) is 0 Å². The average molecular weight is 445 g/mol. The highest BCUT2D eigenvalue weighted by Gasteiger charge is 2.28. The molecule has 1 unspecified atom stereocenters. The van der Waals surface area contributed by atoms with Gasteiger partial charge in [-0.15, -0.1) is 0 Å². The predicted octanol–water partition coefficient (Wildman–Crippen LogP) is 3.02. The molecule has 2 aliphatic rings. The summed E-state index contributed by atoms with van der Waals surface area (Å²) in [4.78, 5) is 26.5. The molecule has 9 heteroatoms. The number of likely N-dealkylation sites (tertiary alicyclic amines) is 1. The summed E-state index contributed by atoms with van der Waals surface area (Å²) >= 11 is 0. The van der Waals surface area contributed by atoms with Crippen LogP contribution in [0.4, 0.5) is 14.5 Å². The molecule has 0 saturated carbocycles. The standard InChI is InChI=1S/C23H25F2N3O4/c24-17-6-5-16(12-18(17)25)27-22(29)13-26-23(30)14-28-8-1-3-19(28)15-4-7-20-21(11-15)32-10-2-9-31-20/h4-7,11-12,19H,1-3,8-10,13-14H2,(H,26,30)(H,27,29). The van der Waals surface area contributed by atoms with Crippen LogP contribution in [0.15, 0.2) is 36.4 Å². The van der Waals surface area contributed by atoms with Crippen molar-refractivity contribution in [2.75, 3.05) is 38.2 Å². The molecule has 1 atom stereocenters. The van der Waals surface area contributed by atoms with E-state index >= 15 is 0 Å². The number of rotatable bonds is 6. The largest absolute Gasteiger partial charge is 0.490 e. The Hall–Kier alpha value is -3.20. The fourth-order valence-electron chi connectivity index (χ4n) is 3.98. The number of nitrogens with one attached hydrogen (secondary N) is 2. The molecule has 2 aliphatic heterocycles. The van der Waals surface area contributed by atoms with E-state index < -0.39 is 17.5 Å². The summed E-state index contributed by atoms with van der Waals surface area (Å²) in [5.41, 5.74) is 1.19. The Bertz CT molecular complexity index is 1000. The molecule has 2 amide bonds. The van der Waals surface area contributed by atoms with E-state index in [-0.39, 0.29) is 30.7 Å². The monoisotopic (exact) mass is 445 g/mol. The molecule has 0 bridgehead atoms. The van der Waals surface area contributed by atoms with E-state index in [1.54, 1.807) is 0 Å². The van der Waals surface area contributed by atoms with Crippen LogP contribution in [0, 0.1) is 11.6 Å². The van der Waals surface area contributed by atoms with Crippen LogP contribution in [0.25, 0.3) is 0 Å². The van der Waals surface area contributed by atoms with Crippen molar-refractivity contribution in [1.82, 2.24) is 10.2 Å². The van der Waals surface area contributed by atoms with E-state index in [1.807, 2.05) is 18.2 Å². The summed E-state index contributed by atoms with van der Waals surface area (Å²) in [6.45, 7) is 1.90. The van der Waals surface area contributed by atoms with Crippen molar-refractivity contribution in [3.8, 4) is 11.5 Å². The smallest absolute Gasteiger partial charge is 0.243 e. The molecule has 0 aromatic heterocycles. The zero-order valence-corrected chi connectivity index (χ0v) is 17.5. The first kappa shape index (κ1) is 22.0. The maximum atomic E-state index is 13.2. The number of benzene rings is 2. The number of carbonyl (C=O) groups excluding carboxylic acids is 2. The molecule has 4 rings (SSSR count). The Kier molecular flexibility index (Phi) is 6.84. The van der Waals surface area contributed by atoms with Gasteiger partial charge in [0.25, 0.3) is 0 Å². The van der Waals surface area contributed by atoms with Crippen LogP contribution < -0.4 is 20.1 Å². The minimum atomic E-state index is -1.05. The highest BCUT2D eigenvalue weighted by Crippen LogP contribution is 2.37. The van der Waals surface area contributed by atoms with Crippen LogP contribution >= 0.6 is 0 Å². The van der Waals surface area contributed by atoms with E-state index in [4.69, 9.17) is 9.47 Å². The van der Waals surface area contributed by atoms with Crippen molar-refractivity contribution in [1.29, 1.82) is 0 Å². The van der Waals surface area contributed by atoms with Crippen molar-refractivity contribution < 1.29 is 27.8 Å². The van der Waals surface area contributed by atoms with Gasteiger partial charge in [-0.2, -0.15) is 0 Å². The van der Waals surface area contributed by atoms with Crippen molar-refractivity contribution in [3.05, 3.63) is 53.6 Å². The van der Waals surface area contributed by atoms with Gasteiger partial charge in [0.15, 0.2) is 23.1 Å². The maximum Gasteiger partial charge on any atom is 0.243 e. The number of anilines is 1. The lowest BCUT2D eigenvalue weighted by atomic mass is 10.0. The lowest BCUT2D eigenvalue weighted by Gasteiger charge is -2.25. The quantitative estimate of drug-likeness (QED) is 0.715. The number of halogens is 2. The lowest BCUT2D eigenvalue weighted by Crippen LogP contribution is -2.40. The Morgan fingerprint density at radius 2 is 1.78 bits per heavy atom. The van der Waals surface area contributed by atoms with Crippen LogP contribution in [-0.2, 0) is 9.59 Å². The van der Waals surface area contributed by atoms with Gasteiger partial charge in [-0.05, 0) is 49.2 Å². The summed E-state index contributed by atoms with van der Waals surface area (Å²) in [6.07, 6.45) is 2.72. The van der Waals surface area contributed by atoms with Gasteiger partial charge in [-0.3, -0.25) is 14.5 Å². The number of ether oxygens (including phenoxy) is 2. The predicted molar refractivity (Wildman–Crippen MR) is 114 cm³/mol. The van der Waals surface area contributed by atoms with Crippen LogP contribution in [0.3, 0.4) is 0 Å². The second-order valence-electron chi connectivity index (χ2n) is 7.84. The van der Waals surface area contributed by atoms with Gasteiger partial charge in [-0.25, -0.2) is 8.78 Å². The molecular formula is C23H25F2N3O4. The third-order valence-corrected chi connectivity index (χ3v) is 5.52. The Morgan fingerprint density at radius 3 is 2.59 bits per heavy atom. The molecule has 2 aromatic rings. The van der Waals surface area contributed by atoms with Crippen molar-refractivity contribution in [2.45, 2.75) is 25.3 Å². The molecule has 0 aliphatic carbocycles. The number of fused-ring (bicyclic) bond motifs is 1. The van der Waals surface area contributed by atoms with E-state index in [1.165, 1.54) is 6.07 Å². The van der Waals surface area contributed by atoms with E-state index in [0.29, 0.717) is 13.2 Å². The third kappa shape index (κ3) is 5.34. The molecule has 2 heterocycles. The number of carbonyl (C=O) groups is 2. The molecule has 0 radical (unpaired) electrons. The summed E-state index contributed by atoms with van der Waals surface area (Å²) in [5.74, 6) is -1.39. The van der Waals surface area contributed by atoms with Gasteiger partial charge in [0, 0.05) is 24.2 Å². The number of hydrogen-bond donors (Lipinski definition) is 2. The normalized spacial score (nSPS) is 18.1. The van der Waals surface area contributed by atoms with E-state index in [9.17, 15) is 18.4 Å². The summed E-state index contributed by atoms with van der Waals surface area (Å²) in [7, 11) is 0. The summed E-state index contributed by atoms with van der Waals surface area (Å²) in [5, 5.41) is 5.01. The Labute approximate surface area is 184 Å². The minimum absolute atomic E-state index is 0.0777. The zero-order valence-electron chi connectivity index (χ0n) is 17.5. The lowest BCUT2D eigenvalue weighted by molar-refractivity contribution is -0.125. The van der Waals surface area contributed by atoms with Crippen molar-refractivity contribution in [3.63, 3.8) is 0 Å². The first-order valence-electron chi connectivity index (χ1n) is 10.6. The molecule has 2 N–H and O–H groups in total. The summed E-state index contributed by atoms with van der Waals surface area (Å²) < 4.78 is 37.7. The van der Waals surface area contributed by atoms with Gasteiger partial charge >= 0.3 is 0 Å². The molecule has 170 valence electrons. The topological polar surface area (TPSA) is 79.9 Å². The van der Waals surface area contributed by atoms with Gasteiger partial charge in [0.05, 0.1) is 26.3 Å². The third-order valence-electron chi connectivity index (χ3n) is 5.52. The van der Waals surface area contributed by atoms with Gasteiger partial charge < -0.3 is 20.1 Å². The number of hydrogen-bond acceptors (Lipinski definition) is 5. The van der Waals surface area contributed by atoms with E-state index in [2.05, 4.69) is 15.5 Å². The van der Waals surface area contributed by atoms with Crippen LogP contribution in [-0.4, -0.2) is 49.6 Å². The molecule has 32 heavy (non-hydrogen) atoms. The van der Waals surface area contributed by atoms with Crippen molar-refractivity contribution in [2.24, 2.45) is 0 Å². The molecule has 0 spiro atoms. The maximum absolute atomic E-state index is 13.2. The van der Waals surface area contributed by atoms with E-state index in [0.717, 1.165) is 55.0 Å². The first-order valence-corrected chi connectivity index (χ1v) is 10.6. The van der Waals surface area contributed by atoms with Gasteiger partial charge in [0.1, 0.15) is 0 Å². The van der Waals surface area contributed by atoms with Crippen LogP contribution in [0.1, 0.15) is 30.9 Å². The SMILES string of the molecule is O=C(CN1CCCC1c1ccc2c(c1)OCCCO2)NCC(=O)Nc1ccc(F)c(F)c1. The fourth-order valence-corrected chi connectivity index (χ4v) is 3.98. The first-order chi connectivity index (χ1) is 15.5.